The fourth-order valence-corrected chi connectivity index (χ4v) is 4.07. The van der Waals surface area contributed by atoms with E-state index in [4.69, 9.17) is 4.74 Å². The number of benzene rings is 2. The highest BCUT2D eigenvalue weighted by Crippen LogP contribution is 2.47. The van der Waals surface area contributed by atoms with Crippen LogP contribution in [0.2, 0.25) is 0 Å². The Bertz CT molecular complexity index is 1160. The van der Waals surface area contributed by atoms with Gasteiger partial charge in [0.15, 0.2) is 0 Å². The van der Waals surface area contributed by atoms with Crippen molar-refractivity contribution in [3.05, 3.63) is 53.7 Å². The van der Waals surface area contributed by atoms with E-state index in [1.165, 1.54) is 19.2 Å². The van der Waals surface area contributed by atoms with E-state index in [-0.39, 0.29) is 11.0 Å². The van der Waals surface area contributed by atoms with E-state index in [0.717, 1.165) is 35.9 Å². The Morgan fingerprint density at radius 2 is 1.88 bits per heavy atom. The van der Waals surface area contributed by atoms with Gasteiger partial charge in [0, 0.05) is 23.2 Å². The molecule has 0 aliphatic heterocycles. The van der Waals surface area contributed by atoms with Crippen LogP contribution >= 0.6 is 0 Å². The third-order valence-electron chi connectivity index (χ3n) is 6.26. The van der Waals surface area contributed by atoms with Crippen molar-refractivity contribution in [1.82, 2.24) is 9.78 Å². The Morgan fingerprint density at radius 3 is 2.50 bits per heavy atom. The van der Waals surface area contributed by atoms with Crippen LogP contribution in [0, 0.1) is 11.3 Å². The van der Waals surface area contributed by atoms with Crippen molar-refractivity contribution in [3.8, 4) is 5.75 Å². The van der Waals surface area contributed by atoms with Gasteiger partial charge in [0.1, 0.15) is 5.75 Å². The lowest BCUT2D eigenvalue weighted by Crippen LogP contribution is -2.35. The Morgan fingerprint density at radius 1 is 1.16 bits per heavy atom. The van der Waals surface area contributed by atoms with Gasteiger partial charge in [-0.25, -0.2) is 0 Å². The minimum atomic E-state index is -4.52. The number of rotatable bonds is 4. The zero-order valence-electron chi connectivity index (χ0n) is 18.5. The third-order valence-corrected chi connectivity index (χ3v) is 6.26. The zero-order chi connectivity index (χ0) is 23.3. The number of methoxy groups -OCH3 is 1. The maximum atomic E-state index is 13.0. The molecule has 0 atom stereocenters. The summed E-state index contributed by atoms with van der Waals surface area (Å²) in [6.07, 6.45) is -0.450. The fraction of sp³-hybridized carbons (Fsp3) is 0.417. The number of carbonyl (C=O) groups excluding carboxylic acids is 1. The predicted molar refractivity (Wildman–Crippen MR) is 117 cm³/mol. The highest BCUT2D eigenvalue weighted by Gasteiger charge is 2.38. The van der Waals surface area contributed by atoms with Crippen molar-refractivity contribution < 1.29 is 22.7 Å². The number of nitrogens with one attached hydrogen (secondary N) is 1. The van der Waals surface area contributed by atoms with Gasteiger partial charge in [0.25, 0.3) is 5.91 Å². The number of anilines is 1. The summed E-state index contributed by atoms with van der Waals surface area (Å²) < 4.78 is 46.3. The SMILES string of the molecule is COc1cc2nn(C3CC(C(C)(C)C)C3)cc2cc1NC(=O)c1cccc(C(F)(F)F)c1. The van der Waals surface area contributed by atoms with Gasteiger partial charge < -0.3 is 10.1 Å². The highest BCUT2D eigenvalue weighted by molar-refractivity contribution is 6.06. The summed E-state index contributed by atoms with van der Waals surface area (Å²) in [5.41, 5.74) is 0.428. The summed E-state index contributed by atoms with van der Waals surface area (Å²) in [4.78, 5) is 12.6. The van der Waals surface area contributed by atoms with Crippen LogP contribution in [0.4, 0.5) is 18.9 Å². The first-order valence-electron chi connectivity index (χ1n) is 10.5. The van der Waals surface area contributed by atoms with Gasteiger partial charge in [-0.1, -0.05) is 26.8 Å². The summed E-state index contributed by atoms with van der Waals surface area (Å²) in [5.74, 6) is 0.397. The van der Waals surface area contributed by atoms with Crippen molar-refractivity contribution >= 4 is 22.5 Å². The van der Waals surface area contributed by atoms with Crippen molar-refractivity contribution in [2.24, 2.45) is 11.3 Å². The lowest BCUT2D eigenvalue weighted by Gasteiger charge is -2.43. The Labute approximate surface area is 184 Å². The van der Waals surface area contributed by atoms with Gasteiger partial charge in [0.05, 0.1) is 29.9 Å². The van der Waals surface area contributed by atoms with Crippen molar-refractivity contribution in [2.45, 2.75) is 45.8 Å². The summed E-state index contributed by atoms with van der Waals surface area (Å²) in [5, 5.41) is 8.17. The molecule has 0 bridgehead atoms. The average Bonchev–Trinajstić information content (AvgIpc) is 3.06. The molecule has 0 radical (unpaired) electrons. The van der Waals surface area contributed by atoms with Gasteiger partial charge in [0.2, 0.25) is 0 Å². The van der Waals surface area contributed by atoms with Crippen LogP contribution in [-0.4, -0.2) is 22.8 Å². The highest BCUT2D eigenvalue weighted by atomic mass is 19.4. The van der Waals surface area contributed by atoms with Crippen LogP contribution in [0.15, 0.2) is 42.6 Å². The second-order valence-electron chi connectivity index (χ2n) is 9.44. The first kappa shape index (κ1) is 22.2. The number of fused-ring (bicyclic) bond motifs is 1. The molecule has 1 aromatic heterocycles. The zero-order valence-corrected chi connectivity index (χ0v) is 18.5. The van der Waals surface area contributed by atoms with Gasteiger partial charge in [-0.3, -0.25) is 9.48 Å². The molecule has 1 fully saturated rings. The molecule has 1 aliphatic rings. The number of nitrogens with zero attached hydrogens (tertiary/aromatic N) is 2. The van der Waals surface area contributed by atoms with Crippen molar-refractivity contribution in [3.63, 3.8) is 0 Å². The molecule has 1 heterocycles. The number of ether oxygens (including phenoxy) is 1. The third kappa shape index (κ3) is 4.31. The summed E-state index contributed by atoms with van der Waals surface area (Å²) in [6.45, 7) is 6.74. The van der Waals surface area contributed by atoms with E-state index in [1.807, 2.05) is 10.9 Å². The minimum Gasteiger partial charge on any atom is -0.494 e. The number of halogens is 3. The van der Waals surface area contributed by atoms with Gasteiger partial charge in [-0.2, -0.15) is 18.3 Å². The maximum absolute atomic E-state index is 13.0. The van der Waals surface area contributed by atoms with Gasteiger partial charge in [-0.05, 0) is 48.4 Å². The number of hydrogen-bond donors (Lipinski definition) is 1. The second-order valence-corrected chi connectivity index (χ2v) is 9.44. The number of aromatic nitrogens is 2. The number of amides is 1. The molecule has 3 aromatic rings. The molecule has 5 nitrogen and oxygen atoms in total. The van der Waals surface area contributed by atoms with Crippen molar-refractivity contribution in [2.75, 3.05) is 12.4 Å². The fourth-order valence-electron chi connectivity index (χ4n) is 4.07. The smallest absolute Gasteiger partial charge is 0.416 e. The summed E-state index contributed by atoms with van der Waals surface area (Å²) >= 11 is 0. The topological polar surface area (TPSA) is 56.1 Å². The second kappa shape index (κ2) is 7.83. The monoisotopic (exact) mass is 445 g/mol. The standard InChI is InChI=1S/C24H26F3N3O2/c1-23(2,3)17-10-18(11-17)30-13-15-9-20(21(32-4)12-19(15)29-30)28-22(31)14-6-5-7-16(8-14)24(25,26)27/h5-9,12-13,17-18H,10-11H2,1-4H3,(H,28,31). The average molecular weight is 445 g/mol. The van der Waals surface area contributed by atoms with Crippen molar-refractivity contribution in [1.29, 1.82) is 0 Å². The lowest BCUT2D eigenvalue weighted by molar-refractivity contribution is -0.137. The molecule has 8 heteroatoms. The quantitative estimate of drug-likeness (QED) is 0.512. The van der Waals surface area contributed by atoms with E-state index in [9.17, 15) is 18.0 Å². The summed E-state index contributed by atoms with van der Waals surface area (Å²) in [7, 11) is 1.47. The molecule has 0 spiro atoms. The largest absolute Gasteiger partial charge is 0.494 e. The van der Waals surface area contributed by atoms with Gasteiger partial charge >= 0.3 is 6.18 Å². The molecule has 4 rings (SSSR count). The molecule has 1 aliphatic carbocycles. The molecule has 2 aromatic carbocycles. The van der Waals surface area contributed by atoms with E-state index in [0.29, 0.717) is 23.4 Å². The molecule has 1 saturated carbocycles. The maximum Gasteiger partial charge on any atom is 0.416 e. The van der Waals surface area contributed by atoms with E-state index in [2.05, 4.69) is 31.2 Å². The van der Waals surface area contributed by atoms with Crippen LogP contribution in [0.3, 0.4) is 0 Å². The van der Waals surface area contributed by atoms with Crippen LogP contribution < -0.4 is 10.1 Å². The molecule has 1 N–H and O–H groups in total. The molecule has 170 valence electrons. The molecule has 1 amide bonds. The Kier molecular flexibility index (Phi) is 5.43. The normalized spacial score (nSPS) is 19.0. The van der Waals surface area contributed by atoms with Crippen LogP contribution in [-0.2, 0) is 6.18 Å². The lowest BCUT2D eigenvalue weighted by atomic mass is 9.66. The molecular weight excluding hydrogens is 419 g/mol. The van der Waals surface area contributed by atoms with Crippen LogP contribution in [0.5, 0.6) is 5.75 Å². The van der Waals surface area contributed by atoms with Gasteiger partial charge in [-0.15, -0.1) is 0 Å². The van der Waals surface area contributed by atoms with E-state index >= 15 is 0 Å². The molecule has 0 unspecified atom stereocenters. The predicted octanol–water partition coefficient (Wildman–Crippen LogP) is 6.31. The Balaban J connectivity index is 1.57. The molecule has 32 heavy (non-hydrogen) atoms. The minimum absolute atomic E-state index is 0.0830. The summed E-state index contributed by atoms with van der Waals surface area (Å²) in [6, 6.07) is 8.13. The Hall–Kier alpha value is -3.03. The van der Waals surface area contributed by atoms with E-state index in [1.54, 1.807) is 12.1 Å². The number of alkyl halides is 3. The number of carbonyl (C=O) groups is 1. The number of hydrogen-bond acceptors (Lipinski definition) is 3. The molecule has 0 saturated heterocycles. The van der Waals surface area contributed by atoms with Crippen LogP contribution in [0.1, 0.15) is 55.6 Å². The van der Waals surface area contributed by atoms with Crippen LogP contribution in [0.25, 0.3) is 10.9 Å². The molecular formula is C24H26F3N3O2. The van der Waals surface area contributed by atoms with E-state index < -0.39 is 17.6 Å². The first-order chi connectivity index (χ1) is 15.0. The first-order valence-corrected chi connectivity index (χ1v) is 10.5.